The van der Waals surface area contributed by atoms with E-state index in [1.165, 1.54) is 12.1 Å². The van der Waals surface area contributed by atoms with Gasteiger partial charge in [-0.3, -0.25) is 10.1 Å². The lowest BCUT2D eigenvalue weighted by atomic mass is 10.1. The predicted octanol–water partition coefficient (Wildman–Crippen LogP) is 1.89. The first-order valence-electron chi connectivity index (χ1n) is 6.83. The molecule has 2 rings (SSSR count). The number of nitro groups is 1. The van der Waals surface area contributed by atoms with Gasteiger partial charge in [-0.05, 0) is 36.8 Å². The van der Waals surface area contributed by atoms with Crippen molar-refractivity contribution in [1.82, 2.24) is 4.72 Å². The number of nitrogen functional groups attached to an aromatic ring is 1. The zero-order chi connectivity index (χ0) is 15.6. The van der Waals surface area contributed by atoms with Gasteiger partial charge in [-0.1, -0.05) is 13.3 Å². The lowest BCUT2D eigenvalue weighted by molar-refractivity contribution is -0.387. The molecule has 1 aromatic carbocycles. The fraction of sp³-hybridized carbons (Fsp3) is 0.538. The molecule has 0 heterocycles. The molecular formula is C13H19N3O4S. The quantitative estimate of drug-likeness (QED) is 0.489. The van der Waals surface area contributed by atoms with Crippen LogP contribution >= 0.6 is 0 Å². The molecule has 0 spiro atoms. The molecule has 1 aliphatic rings. The second-order valence-corrected chi connectivity index (χ2v) is 7.36. The fourth-order valence-electron chi connectivity index (χ4n) is 2.72. The molecule has 116 valence electrons. The zero-order valence-corrected chi connectivity index (χ0v) is 12.6. The van der Waals surface area contributed by atoms with Crippen molar-refractivity contribution < 1.29 is 13.3 Å². The van der Waals surface area contributed by atoms with Gasteiger partial charge in [-0.15, -0.1) is 0 Å². The van der Waals surface area contributed by atoms with Crippen molar-refractivity contribution in [2.75, 3.05) is 12.3 Å². The summed E-state index contributed by atoms with van der Waals surface area (Å²) in [6.45, 7) is 2.45. The highest BCUT2D eigenvalue weighted by Crippen LogP contribution is 2.30. The Bertz CT molecular complexity index is 645. The van der Waals surface area contributed by atoms with E-state index < -0.39 is 20.6 Å². The first-order chi connectivity index (χ1) is 9.79. The van der Waals surface area contributed by atoms with Crippen LogP contribution in [0.3, 0.4) is 0 Å². The van der Waals surface area contributed by atoms with Crippen molar-refractivity contribution in [2.24, 2.45) is 11.8 Å². The Morgan fingerprint density at radius 3 is 2.71 bits per heavy atom. The maximum atomic E-state index is 12.3. The number of anilines is 1. The van der Waals surface area contributed by atoms with Gasteiger partial charge in [-0.25, -0.2) is 13.1 Å². The Labute approximate surface area is 123 Å². The first-order valence-corrected chi connectivity index (χ1v) is 8.31. The molecule has 1 saturated carbocycles. The van der Waals surface area contributed by atoms with Gasteiger partial charge in [0.2, 0.25) is 10.0 Å². The summed E-state index contributed by atoms with van der Waals surface area (Å²) in [6, 6.07) is 3.58. The smallest absolute Gasteiger partial charge is 0.291 e. The number of hydrogen-bond donors (Lipinski definition) is 2. The Hall–Kier alpha value is -1.67. The minimum Gasteiger partial charge on any atom is -0.399 e. The van der Waals surface area contributed by atoms with Crippen LogP contribution in [0.1, 0.15) is 26.2 Å². The highest BCUT2D eigenvalue weighted by molar-refractivity contribution is 7.89. The lowest BCUT2D eigenvalue weighted by Gasteiger charge is -2.12. The number of nitrogens with zero attached hydrogens (tertiary/aromatic N) is 1. The lowest BCUT2D eigenvalue weighted by Crippen LogP contribution is -2.29. The third kappa shape index (κ3) is 3.70. The average Bonchev–Trinajstić information content (AvgIpc) is 2.82. The van der Waals surface area contributed by atoms with Crippen molar-refractivity contribution in [2.45, 2.75) is 31.1 Å². The Kier molecular flexibility index (Phi) is 4.48. The van der Waals surface area contributed by atoms with E-state index >= 15 is 0 Å². The summed E-state index contributed by atoms with van der Waals surface area (Å²) in [5.41, 5.74) is 5.14. The van der Waals surface area contributed by atoms with Crippen molar-refractivity contribution >= 4 is 21.4 Å². The number of nitro benzene ring substituents is 1. The highest BCUT2D eigenvalue weighted by atomic mass is 32.2. The maximum Gasteiger partial charge on any atom is 0.291 e. The third-order valence-electron chi connectivity index (χ3n) is 3.83. The molecule has 1 aromatic rings. The Morgan fingerprint density at radius 1 is 1.43 bits per heavy atom. The van der Waals surface area contributed by atoms with Gasteiger partial charge in [0.1, 0.15) is 0 Å². The summed E-state index contributed by atoms with van der Waals surface area (Å²) >= 11 is 0. The van der Waals surface area contributed by atoms with Gasteiger partial charge < -0.3 is 5.73 Å². The second-order valence-electron chi connectivity index (χ2n) is 5.62. The van der Waals surface area contributed by atoms with Crippen LogP contribution in [0.15, 0.2) is 23.1 Å². The molecule has 0 bridgehead atoms. The molecule has 8 heteroatoms. The number of sulfonamides is 1. The van der Waals surface area contributed by atoms with Gasteiger partial charge in [0, 0.05) is 18.3 Å². The highest BCUT2D eigenvalue weighted by Gasteiger charge is 2.28. The van der Waals surface area contributed by atoms with Crippen molar-refractivity contribution in [3.8, 4) is 0 Å². The van der Waals surface area contributed by atoms with Crippen molar-refractivity contribution in [3.63, 3.8) is 0 Å². The van der Waals surface area contributed by atoms with Gasteiger partial charge in [-0.2, -0.15) is 0 Å². The second kappa shape index (κ2) is 5.98. The van der Waals surface area contributed by atoms with Crippen LogP contribution in [0.4, 0.5) is 11.4 Å². The fourth-order valence-corrected chi connectivity index (χ4v) is 3.99. The molecule has 3 N–H and O–H groups in total. The molecule has 0 amide bonds. The predicted molar refractivity (Wildman–Crippen MR) is 79.2 cm³/mol. The van der Waals surface area contributed by atoms with Crippen LogP contribution in [0.25, 0.3) is 0 Å². The molecule has 0 saturated heterocycles. The summed E-state index contributed by atoms with van der Waals surface area (Å²) in [7, 11) is -3.90. The van der Waals surface area contributed by atoms with Crippen LogP contribution in [-0.2, 0) is 10.0 Å². The third-order valence-corrected chi connectivity index (χ3v) is 5.31. The van der Waals surface area contributed by atoms with Crippen molar-refractivity contribution in [1.29, 1.82) is 0 Å². The van der Waals surface area contributed by atoms with Gasteiger partial charge in [0.25, 0.3) is 5.69 Å². The molecule has 1 aliphatic carbocycles. The largest absolute Gasteiger partial charge is 0.399 e. The zero-order valence-electron chi connectivity index (χ0n) is 11.8. The van der Waals surface area contributed by atoms with E-state index in [2.05, 4.69) is 11.6 Å². The first kappa shape index (κ1) is 15.7. The molecule has 0 radical (unpaired) electrons. The molecule has 2 unspecified atom stereocenters. The molecule has 21 heavy (non-hydrogen) atoms. The average molecular weight is 313 g/mol. The standard InChI is InChI=1S/C13H19N3O4S/c1-9-2-3-10(6-9)8-15-21(19,20)13-5-4-11(14)7-12(13)16(17)18/h4-5,7,9-10,15H,2-3,6,8,14H2,1H3. The number of nitrogens with two attached hydrogens (primary N) is 1. The minimum absolute atomic E-state index is 0.158. The van der Waals surface area contributed by atoms with Gasteiger partial charge >= 0.3 is 0 Å². The molecule has 0 aromatic heterocycles. The molecule has 7 nitrogen and oxygen atoms in total. The summed E-state index contributed by atoms with van der Waals surface area (Å²) in [5.74, 6) is 0.896. The summed E-state index contributed by atoms with van der Waals surface area (Å²) in [4.78, 5) is 9.91. The minimum atomic E-state index is -3.90. The van der Waals surface area contributed by atoms with E-state index in [0.717, 1.165) is 25.3 Å². The molecule has 2 atom stereocenters. The Balaban J connectivity index is 2.17. The summed E-state index contributed by atoms with van der Waals surface area (Å²) in [6.07, 6.45) is 3.05. The number of nitrogens with one attached hydrogen (secondary N) is 1. The van der Waals surface area contributed by atoms with E-state index in [9.17, 15) is 18.5 Å². The van der Waals surface area contributed by atoms with Crippen LogP contribution in [0.5, 0.6) is 0 Å². The molecule has 1 fully saturated rings. The van der Waals surface area contributed by atoms with E-state index in [1.54, 1.807) is 0 Å². The summed E-state index contributed by atoms with van der Waals surface area (Å²) < 4.78 is 27.0. The number of benzene rings is 1. The number of rotatable bonds is 5. The van der Waals surface area contributed by atoms with Gasteiger partial charge in [0.05, 0.1) is 4.92 Å². The SMILES string of the molecule is CC1CCC(CNS(=O)(=O)c2ccc(N)cc2[N+](=O)[O-])C1. The van der Waals surface area contributed by atoms with E-state index in [4.69, 9.17) is 5.73 Å². The van der Waals surface area contributed by atoms with Crippen molar-refractivity contribution in [3.05, 3.63) is 28.3 Å². The summed E-state index contributed by atoms with van der Waals surface area (Å²) in [5, 5.41) is 11.0. The van der Waals surface area contributed by atoms with Crippen LogP contribution in [0.2, 0.25) is 0 Å². The van der Waals surface area contributed by atoms with E-state index in [-0.39, 0.29) is 10.6 Å². The number of hydrogen-bond acceptors (Lipinski definition) is 5. The van der Waals surface area contributed by atoms with Crippen LogP contribution < -0.4 is 10.5 Å². The Morgan fingerprint density at radius 2 is 2.14 bits per heavy atom. The topological polar surface area (TPSA) is 115 Å². The molecule has 0 aliphatic heterocycles. The van der Waals surface area contributed by atoms with Gasteiger partial charge in [0.15, 0.2) is 4.90 Å². The normalized spacial score (nSPS) is 22.3. The van der Waals surface area contributed by atoms with Crippen LogP contribution in [0, 0.1) is 22.0 Å². The maximum absolute atomic E-state index is 12.3. The van der Waals surface area contributed by atoms with E-state index in [0.29, 0.717) is 18.4 Å². The van der Waals surface area contributed by atoms with Crippen LogP contribution in [-0.4, -0.2) is 19.9 Å². The molecular weight excluding hydrogens is 294 g/mol. The van der Waals surface area contributed by atoms with E-state index in [1.807, 2.05) is 0 Å². The monoisotopic (exact) mass is 313 g/mol.